The average Bonchev–Trinajstić information content (AvgIpc) is 2.91. The van der Waals surface area contributed by atoms with Gasteiger partial charge < -0.3 is 0 Å². The normalized spacial score (nSPS) is 18.7. The molecule has 26 heavy (non-hydrogen) atoms. The Balaban J connectivity index is 1.77. The molecule has 0 unspecified atom stereocenters. The highest BCUT2D eigenvalue weighted by Gasteiger charge is 2.48. The molecule has 3 aromatic rings. The van der Waals surface area contributed by atoms with E-state index in [-0.39, 0.29) is 18.1 Å². The number of anilines is 2. The summed E-state index contributed by atoms with van der Waals surface area (Å²) in [7, 11) is 0. The molecule has 0 aliphatic carbocycles. The van der Waals surface area contributed by atoms with Crippen LogP contribution in [0, 0.1) is 0 Å². The predicted octanol–water partition coefficient (Wildman–Crippen LogP) is 4.90. The highest BCUT2D eigenvalue weighted by atomic mass is 16.2. The second-order valence-corrected chi connectivity index (χ2v) is 6.79. The smallest absolute Gasteiger partial charge is 0.242 e. The van der Waals surface area contributed by atoms with Crippen molar-refractivity contribution in [2.45, 2.75) is 18.8 Å². The van der Waals surface area contributed by atoms with E-state index in [0.29, 0.717) is 5.56 Å². The molecule has 128 valence electrons. The molecule has 1 aliphatic heterocycles. The largest absolute Gasteiger partial charge is 0.294 e. The lowest BCUT2D eigenvalue weighted by Gasteiger charge is -2.24. The van der Waals surface area contributed by atoms with Gasteiger partial charge in [-0.2, -0.15) is 0 Å². The molecule has 0 radical (unpaired) electrons. The van der Waals surface area contributed by atoms with E-state index >= 15 is 0 Å². The minimum Gasteiger partial charge on any atom is -0.294 e. The van der Waals surface area contributed by atoms with E-state index in [1.54, 1.807) is 17.0 Å². The standard InChI is InChI=1S/C23H19NO2/c1-23(16-21(25)17-10-4-2-5-11-17)19-14-8-9-15-20(19)24(22(23)26)18-12-6-3-7-13-18/h2-15H,16H2,1H3/t23-/m1/s1. The van der Waals surface area contributed by atoms with E-state index in [2.05, 4.69) is 0 Å². The zero-order valence-electron chi connectivity index (χ0n) is 14.6. The second kappa shape index (κ2) is 6.26. The zero-order valence-corrected chi connectivity index (χ0v) is 14.6. The summed E-state index contributed by atoms with van der Waals surface area (Å²) >= 11 is 0. The van der Waals surface area contributed by atoms with Crippen molar-refractivity contribution >= 4 is 23.1 Å². The monoisotopic (exact) mass is 341 g/mol. The summed E-state index contributed by atoms with van der Waals surface area (Å²) in [5.74, 6) is -0.0830. The number of carbonyl (C=O) groups is 2. The van der Waals surface area contributed by atoms with E-state index < -0.39 is 5.41 Å². The Labute approximate surface area is 152 Å². The Morgan fingerprint density at radius 3 is 2.12 bits per heavy atom. The average molecular weight is 341 g/mol. The summed E-state index contributed by atoms with van der Waals surface area (Å²) in [6, 6.07) is 26.5. The quantitative estimate of drug-likeness (QED) is 0.633. The fourth-order valence-electron chi connectivity index (χ4n) is 3.66. The number of nitrogens with zero attached hydrogens (tertiary/aromatic N) is 1. The Morgan fingerprint density at radius 1 is 0.846 bits per heavy atom. The SMILES string of the molecule is C[C@]1(CC(=O)c2ccccc2)C(=O)N(c2ccccc2)c2ccccc21. The Kier molecular flexibility index (Phi) is 3.92. The summed E-state index contributed by atoms with van der Waals surface area (Å²) < 4.78 is 0. The third kappa shape index (κ3) is 2.53. The van der Waals surface area contributed by atoms with E-state index in [1.165, 1.54) is 0 Å². The van der Waals surface area contributed by atoms with Crippen LogP contribution in [0.4, 0.5) is 11.4 Å². The number of benzene rings is 3. The number of hydrogen-bond donors (Lipinski definition) is 0. The van der Waals surface area contributed by atoms with Crippen molar-refractivity contribution < 1.29 is 9.59 Å². The lowest BCUT2D eigenvalue weighted by molar-refractivity contribution is -0.121. The third-order valence-corrected chi connectivity index (χ3v) is 5.04. The van der Waals surface area contributed by atoms with Gasteiger partial charge in [0.1, 0.15) is 0 Å². The molecule has 3 nitrogen and oxygen atoms in total. The van der Waals surface area contributed by atoms with Gasteiger partial charge in [0.2, 0.25) is 5.91 Å². The van der Waals surface area contributed by atoms with Crippen molar-refractivity contribution in [1.29, 1.82) is 0 Å². The highest BCUT2D eigenvalue weighted by Crippen LogP contribution is 2.47. The summed E-state index contributed by atoms with van der Waals surface area (Å²) in [5, 5.41) is 0. The van der Waals surface area contributed by atoms with Gasteiger partial charge >= 0.3 is 0 Å². The molecule has 3 heteroatoms. The maximum Gasteiger partial charge on any atom is 0.242 e. The third-order valence-electron chi connectivity index (χ3n) is 5.04. The molecule has 1 amide bonds. The van der Waals surface area contributed by atoms with Crippen molar-refractivity contribution in [1.82, 2.24) is 0 Å². The topological polar surface area (TPSA) is 37.4 Å². The summed E-state index contributed by atoms with van der Waals surface area (Å²) in [4.78, 5) is 28.0. The molecule has 1 aliphatic rings. The van der Waals surface area contributed by atoms with Gasteiger partial charge in [-0.1, -0.05) is 66.7 Å². The van der Waals surface area contributed by atoms with Crippen LogP contribution in [0.5, 0.6) is 0 Å². The molecule has 0 saturated heterocycles. The number of Topliss-reactive ketones (excluding diaryl/α,β-unsaturated/α-hetero) is 1. The molecule has 0 spiro atoms. The van der Waals surface area contributed by atoms with E-state index in [9.17, 15) is 9.59 Å². The van der Waals surface area contributed by atoms with Crippen molar-refractivity contribution in [3.05, 3.63) is 96.1 Å². The Hall–Kier alpha value is -3.20. The number of amides is 1. The summed E-state index contributed by atoms with van der Waals surface area (Å²) in [6.07, 6.45) is 0.149. The molecular formula is C23H19NO2. The summed E-state index contributed by atoms with van der Waals surface area (Å²) in [6.45, 7) is 1.87. The van der Waals surface area contributed by atoms with Gasteiger partial charge in [0.05, 0.1) is 11.1 Å². The lowest BCUT2D eigenvalue weighted by atomic mass is 9.78. The molecule has 0 saturated carbocycles. The Morgan fingerprint density at radius 2 is 1.42 bits per heavy atom. The first-order valence-electron chi connectivity index (χ1n) is 8.68. The van der Waals surface area contributed by atoms with E-state index in [4.69, 9.17) is 0 Å². The first-order chi connectivity index (χ1) is 12.6. The van der Waals surface area contributed by atoms with Crippen LogP contribution >= 0.6 is 0 Å². The molecule has 0 fully saturated rings. The molecule has 0 aromatic heterocycles. The lowest BCUT2D eigenvalue weighted by Crippen LogP contribution is -2.37. The van der Waals surface area contributed by atoms with Crippen LogP contribution in [0.15, 0.2) is 84.9 Å². The van der Waals surface area contributed by atoms with Crippen LogP contribution in [0.3, 0.4) is 0 Å². The minimum atomic E-state index is -0.876. The van der Waals surface area contributed by atoms with Crippen molar-refractivity contribution in [3.8, 4) is 0 Å². The maximum absolute atomic E-state index is 13.4. The first-order valence-corrected chi connectivity index (χ1v) is 8.68. The van der Waals surface area contributed by atoms with E-state index in [0.717, 1.165) is 16.9 Å². The maximum atomic E-state index is 13.4. The van der Waals surface area contributed by atoms with Gasteiger partial charge in [0.15, 0.2) is 5.78 Å². The van der Waals surface area contributed by atoms with Crippen LogP contribution in [-0.4, -0.2) is 11.7 Å². The van der Waals surface area contributed by atoms with Crippen LogP contribution in [0.1, 0.15) is 29.3 Å². The molecule has 0 bridgehead atoms. The number of rotatable bonds is 4. The van der Waals surface area contributed by atoms with Crippen molar-refractivity contribution in [2.24, 2.45) is 0 Å². The van der Waals surface area contributed by atoms with Crippen molar-refractivity contribution in [2.75, 3.05) is 4.90 Å². The minimum absolute atomic E-state index is 0.0221. The van der Waals surface area contributed by atoms with Gasteiger partial charge in [-0.25, -0.2) is 0 Å². The molecule has 3 aromatic carbocycles. The number of ketones is 1. The number of hydrogen-bond acceptors (Lipinski definition) is 2. The fraction of sp³-hybridized carbons (Fsp3) is 0.130. The number of carbonyl (C=O) groups excluding carboxylic acids is 2. The van der Waals surface area contributed by atoms with E-state index in [1.807, 2.05) is 79.7 Å². The van der Waals surface area contributed by atoms with Gasteiger partial charge in [-0.05, 0) is 30.7 Å². The van der Waals surface area contributed by atoms with Gasteiger partial charge in [0, 0.05) is 17.7 Å². The first kappa shape index (κ1) is 16.3. The molecule has 4 rings (SSSR count). The fourth-order valence-corrected chi connectivity index (χ4v) is 3.66. The van der Waals surface area contributed by atoms with Crippen LogP contribution in [-0.2, 0) is 10.2 Å². The highest BCUT2D eigenvalue weighted by molar-refractivity contribution is 6.15. The zero-order chi connectivity index (χ0) is 18.1. The number of para-hydroxylation sites is 2. The van der Waals surface area contributed by atoms with Gasteiger partial charge in [-0.15, -0.1) is 0 Å². The number of fused-ring (bicyclic) bond motifs is 1. The van der Waals surface area contributed by atoms with Crippen LogP contribution in [0.2, 0.25) is 0 Å². The van der Waals surface area contributed by atoms with Crippen LogP contribution in [0.25, 0.3) is 0 Å². The molecule has 0 N–H and O–H groups in total. The molecular weight excluding hydrogens is 322 g/mol. The van der Waals surface area contributed by atoms with Gasteiger partial charge in [-0.3, -0.25) is 14.5 Å². The van der Waals surface area contributed by atoms with Crippen molar-refractivity contribution in [3.63, 3.8) is 0 Å². The molecule has 1 heterocycles. The molecule has 1 atom stereocenters. The van der Waals surface area contributed by atoms with Gasteiger partial charge in [0.25, 0.3) is 0 Å². The predicted molar refractivity (Wildman–Crippen MR) is 103 cm³/mol. The second-order valence-electron chi connectivity index (χ2n) is 6.79. The van der Waals surface area contributed by atoms with Crippen LogP contribution < -0.4 is 4.90 Å². The Bertz CT molecular complexity index is 966. The summed E-state index contributed by atoms with van der Waals surface area (Å²) in [5.41, 5.74) is 2.34.